The molecule has 1 atom stereocenters. The molecule has 0 bridgehead atoms. The van der Waals surface area contributed by atoms with Crippen molar-refractivity contribution in [1.29, 1.82) is 0 Å². The van der Waals surface area contributed by atoms with Gasteiger partial charge in [-0.05, 0) is 32.4 Å². The molecular weight excluding hydrogens is 300 g/mol. The zero-order valence-corrected chi connectivity index (χ0v) is 13.9. The SMILES string of the molecule is CCCC1=CC(=O)NC2=CC(=NC(=O)C(C)(C)CCl)C=CC12. The van der Waals surface area contributed by atoms with Gasteiger partial charge in [0, 0.05) is 23.6 Å². The highest BCUT2D eigenvalue weighted by Crippen LogP contribution is 2.30. The molecule has 118 valence electrons. The number of nitrogens with one attached hydrogen (secondary N) is 1. The van der Waals surface area contributed by atoms with Crippen LogP contribution < -0.4 is 5.32 Å². The van der Waals surface area contributed by atoms with Gasteiger partial charge in [0.25, 0.3) is 5.91 Å². The van der Waals surface area contributed by atoms with Crippen LogP contribution in [0.25, 0.3) is 0 Å². The van der Waals surface area contributed by atoms with E-state index in [-0.39, 0.29) is 23.6 Å². The Morgan fingerprint density at radius 1 is 1.41 bits per heavy atom. The molecule has 2 amide bonds. The first kappa shape index (κ1) is 16.7. The number of rotatable bonds is 4. The van der Waals surface area contributed by atoms with Crippen LogP contribution >= 0.6 is 11.6 Å². The smallest absolute Gasteiger partial charge is 0.253 e. The summed E-state index contributed by atoms with van der Waals surface area (Å²) >= 11 is 5.80. The van der Waals surface area contributed by atoms with E-state index in [2.05, 4.69) is 17.2 Å². The summed E-state index contributed by atoms with van der Waals surface area (Å²) in [7, 11) is 0. The molecule has 0 radical (unpaired) electrons. The van der Waals surface area contributed by atoms with Gasteiger partial charge in [-0.15, -0.1) is 11.6 Å². The van der Waals surface area contributed by atoms with Gasteiger partial charge in [-0.1, -0.05) is 25.0 Å². The number of allylic oxidation sites excluding steroid dienone is 3. The highest BCUT2D eigenvalue weighted by atomic mass is 35.5. The fourth-order valence-electron chi connectivity index (χ4n) is 2.38. The Labute approximate surface area is 136 Å². The first-order valence-corrected chi connectivity index (χ1v) is 8.01. The van der Waals surface area contributed by atoms with Crippen molar-refractivity contribution in [3.8, 4) is 0 Å². The van der Waals surface area contributed by atoms with Crippen LogP contribution in [-0.4, -0.2) is 23.4 Å². The van der Waals surface area contributed by atoms with E-state index < -0.39 is 5.41 Å². The standard InChI is InChI=1S/C17H21ClN2O2/c1-4-5-11-8-15(21)20-14-9-12(6-7-13(11)14)19-16(22)17(2,3)10-18/h6-9,13H,4-5,10H2,1-3H3,(H,20,21). The molecule has 1 aliphatic carbocycles. The van der Waals surface area contributed by atoms with Gasteiger partial charge in [0.2, 0.25) is 5.91 Å². The summed E-state index contributed by atoms with van der Waals surface area (Å²) in [6.07, 6.45) is 9.12. The Kier molecular flexibility index (Phi) is 5.01. The number of hydrogen-bond acceptors (Lipinski definition) is 2. The maximum Gasteiger partial charge on any atom is 0.253 e. The van der Waals surface area contributed by atoms with Crippen LogP contribution in [0, 0.1) is 11.3 Å². The van der Waals surface area contributed by atoms with Crippen LogP contribution in [0.3, 0.4) is 0 Å². The van der Waals surface area contributed by atoms with Crippen molar-refractivity contribution < 1.29 is 9.59 Å². The number of nitrogens with zero attached hydrogens (tertiary/aromatic N) is 1. The van der Waals surface area contributed by atoms with Gasteiger partial charge >= 0.3 is 0 Å². The average Bonchev–Trinajstić information content (AvgIpc) is 2.47. The maximum absolute atomic E-state index is 12.1. The van der Waals surface area contributed by atoms with Crippen molar-refractivity contribution in [2.45, 2.75) is 33.6 Å². The minimum atomic E-state index is -0.694. The monoisotopic (exact) mass is 320 g/mol. The number of fused-ring (bicyclic) bond motifs is 1. The van der Waals surface area contributed by atoms with Crippen LogP contribution in [0.2, 0.25) is 0 Å². The van der Waals surface area contributed by atoms with Crippen molar-refractivity contribution in [3.05, 3.63) is 35.6 Å². The Morgan fingerprint density at radius 2 is 2.14 bits per heavy atom. The molecule has 0 spiro atoms. The number of amides is 2. The van der Waals surface area contributed by atoms with Crippen LogP contribution in [0.15, 0.2) is 40.6 Å². The zero-order chi connectivity index (χ0) is 16.3. The van der Waals surface area contributed by atoms with Crippen molar-refractivity contribution in [2.75, 3.05) is 5.88 Å². The summed E-state index contributed by atoms with van der Waals surface area (Å²) < 4.78 is 0. The van der Waals surface area contributed by atoms with Gasteiger partial charge in [-0.25, -0.2) is 4.99 Å². The summed E-state index contributed by atoms with van der Waals surface area (Å²) in [5, 5.41) is 2.84. The molecule has 2 aliphatic rings. The lowest BCUT2D eigenvalue weighted by molar-refractivity contribution is -0.124. The lowest BCUT2D eigenvalue weighted by Crippen LogP contribution is -2.33. The maximum atomic E-state index is 12.1. The van der Waals surface area contributed by atoms with E-state index in [0.29, 0.717) is 5.71 Å². The molecule has 0 saturated heterocycles. The summed E-state index contributed by atoms with van der Waals surface area (Å²) in [6, 6.07) is 0. The Bertz CT molecular complexity index is 612. The number of alkyl halides is 1. The lowest BCUT2D eigenvalue weighted by Gasteiger charge is -2.27. The van der Waals surface area contributed by atoms with E-state index in [9.17, 15) is 9.59 Å². The molecule has 0 aromatic carbocycles. The van der Waals surface area contributed by atoms with E-state index in [1.54, 1.807) is 26.0 Å². The van der Waals surface area contributed by atoms with Gasteiger partial charge in [-0.3, -0.25) is 9.59 Å². The predicted octanol–water partition coefficient (Wildman–Crippen LogP) is 3.15. The minimum absolute atomic E-state index is 0.0766. The van der Waals surface area contributed by atoms with Gasteiger partial charge < -0.3 is 5.32 Å². The minimum Gasteiger partial charge on any atom is -0.325 e. The third-order valence-electron chi connectivity index (χ3n) is 3.76. The summed E-state index contributed by atoms with van der Waals surface area (Å²) in [4.78, 5) is 28.0. The second-order valence-electron chi connectivity index (χ2n) is 6.25. The van der Waals surface area contributed by atoms with Gasteiger partial charge in [-0.2, -0.15) is 0 Å². The van der Waals surface area contributed by atoms with Crippen LogP contribution in [0.4, 0.5) is 0 Å². The Morgan fingerprint density at radius 3 is 2.77 bits per heavy atom. The number of carbonyl (C=O) groups excluding carboxylic acids is 2. The number of hydrogen-bond donors (Lipinski definition) is 1. The normalized spacial score (nSPS) is 22.8. The summed E-state index contributed by atoms with van der Waals surface area (Å²) in [5.41, 5.74) is 1.74. The van der Waals surface area contributed by atoms with Crippen LogP contribution in [-0.2, 0) is 9.59 Å². The van der Waals surface area contributed by atoms with Crippen molar-refractivity contribution in [3.63, 3.8) is 0 Å². The molecule has 1 aliphatic heterocycles. The molecule has 0 aromatic heterocycles. The van der Waals surface area contributed by atoms with Crippen molar-refractivity contribution in [1.82, 2.24) is 5.32 Å². The van der Waals surface area contributed by atoms with Crippen LogP contribution in [0.1, 0.15) is 33.6 Å². The topological polar surface area (TPSA) is 58.5 Å². The molecule has 0 aromatic rings. The van der Waals surface area contributed by atoms with Crippen LogP contribution in [0.5, 0.6) is 0 Å². The summed E-state index contributed by atoms with van der Waals surface area (Å²) in [5.74, 6) is -0.0873. The summed E-state index contributed by atoms with van der Waals surface area (Å²) in [6.45, 7) is 5.61. The second-order valence-corrected chi connectivity index (χ2v) is 6.52. The van der Waals surface area contributed by atoms with Gasteiger partial charge in [0.15, 0.2) is 0 Å². The number of halogens is 1. The lowest BCUT2D eigenvalue weighted by atomic mass is 9.85. The largest absolute Gasteiger partial charge is 0.325 e. The Hall–Kier alpha value is -1.68. The highest BCUT2D eigenvalue weighted by molar-refractivity contribution is 6.20. The average molecular weight is 321 g/mol. The first-order valence-electron chi connectivity index (χ1n) is 7.47. The van der Waals surface area contributed by atoms with E-state index in [0.717, 1.165) is 24.1 Å². The second kappa shape index (κ2) is 6.61. The number of carbonyl (C=O) groups is 2. The van der Waals surface area contributed by atoms with E-state index in [4.69, 9.17) is 11.6 Å². The molecular formula is C17H21ClN2O2. The van der Waals surface area contributed by atoms with Crippen molar-refractivity contribution >= 4 is 29.1 Å². The number of aliphatic imine (C=N–C) groups is 1. The zero-order valence-electron chi connectivity index (χ0n) is 13.1. The van der Waals surface area contributed by atoms with E-state index in [1.807, 2.05) is 12.2 Å². The third kappa shape index (κ3) is 3.55. The third-order valence-corrected chi connectivity index (χ3v) is 4.43. The fourth-order valence-corrected chi connectivity index (χ4v) is 2.50. The van der Waals surface area contributed by atoms with Crippen molar-refractivity contribution in [2.24, 2.45) is 16.3 Å². The highest BCUT2D eigenvalue weighted by Gasteiger charge is 2.28. The Balaban J connectivity index is 2.26. The molecule has 5 heteroatoms. The van der Waals surface area contributed by atoms with E-state index in [1.165, 1.54) is 0 Å². The predicted molar refractivity (Wildman–Crippen MR) is 88.8 cm³/mol. The van der Waals surface area contributed by atoms with Gasteiger partial charge in [0.05, 0.1) is 11.1 Å². The molecule has 2 rings (SSSR count). The first-order chi connectivity index (χ1) is 10.4. The van der Waals surface area contributed by atoms with E-state index >= 15 is 0 Å². The fraction of sp³-hybridized carbons (Fsp3) is 0.471. The van der Waals surface area contributed by atoms with Gasteiger partial charge in [0.1, 0.15) is 0 Å². The molecule has 22 heavy (non-hydrogen) atoms. The molecule has 1 unspecified atom stereocenters. The molecule has 0 fully saturated rings. The molecule has 1 N–H and O–H groups in total. The quantitative estimate of drug-likeness (QED) is 0.809. The molecule has 1 heterocycles. The molecule has 0 saturated carbocycles. The molecule has 4 nitrogen and oxygen atoms in total.